The Morgan fingerprint density at radius 2 is 1.09 bits per heavy atom. The number of ether oxygens (including phenoxy) is 2. The minimum absolute atomic E-state index is 0.0656. The predicted octanol–water partition coefficient (Wildman–Crippen LogP) is 6.42. The van der Waals surface area contributed by atoms with Crippen LogP contribution in [0.15, 0.2) is 65.8 Å². The Hall–Kier alpha value is -4.42. The van der Waals surface area contributed by atoms with E-state index in [2.05, 4.69) is 14.7 Å². The smallest absolute Gasteiger partial charge is 0.478 e. The van der Waals surface area contributed by atoms with E-state index in [-0.39, 0.29) is 22.3 Å². The van der Waals surface area contributed by atoms with Crippen molar-refractivity contribution in [3.63, 3.8) is 0 Å². The van der Waals surface area contributed by atoms with Gasteiger partial charge in [-0.15, -0.1) is 31.2 Å². The number of rotatable bonds is 6. The van der Waals surface area contributed by atoms with Crippen LogP contribution in [0.25, 0.3) is 22.3 Å². The minimum Gasteiger partial charge on any atom is -0.478 e. The summed E-state index contributed by atoms with van der Waals surface area (Å²) in [5.74, 6) is -4.03. The van der Waals surface area contributed by atoms with E-state index in [1.54, 1.807) is 0 Å². The summed E-state index contributed by atoms with van der Waals surface area (Å²) < 4.78 is 82.0. The van der Waals surface area contributed by atoms with E-state index in [9.17, 15) is 45.9 Å². The van der Waals surface area contributed by atoms with Crippen LogP contribution in [0.4, 0.5) is 26.3 Å². The van der Waals surface area contributed by atoms with Crippen LogP contribution in [-0.4, -0.2) is 29.7 Å². The lowest BCUT2D eigenvalue weighted by molar-refractivity contribution is -0.275. The van der Waals surface area contributed by atoms with Gasteiger partial charge in [0.25, 0.3) is 0 Å². The van der Waals surface area contributed by atoms with Crippen LogP contribution in [0, 0.1) is 4.91 Å². The SMILES string of the molecule is O=NC(=O)c1cc(C(=O)O)c(-c2ccc(OC(F)(F)F)cc2)cc1-c1ccc(OC(F)(F)F)cc1. The predicted molar refractivity (Wildman–Crippen MR) is 108 cm³/mol. The molecule has 0 atom stereocenters. The quantitative estimate of drug-likeness (QED) is 0.310. The second-order valence-corrected chi connectivity index (χ2v) is 6.79. The number of aromatic carboxylic acids is 1. The van der Waals surface area contributed by atoms with Crippen LogP contribution in [0.3, 0.4) is 0 Å². The number of hydrogen-bond donors (Lipinski definition) is 1. The molecule has 0 aliphatic carbocycles. The molecule has 0 bridgehead atoms. The fourth-order valence-electron chi connectivity index (χ4n) is 3.15. The molecule has 35 heavy (non-hydrogen) atoms. The van der Waals surface area contributed by atoms with Crippen LogP contribution >= 0.6 is 0 Å². The van der Waals surface area contributed by atoms with E-state index in [4.69, 9.17) is 0 Å². The lowest BCUT2D eigenvalue weighted by Crippen LogP contribution is -2.17. The number of alkyl halides is 6. The Morgan fingerprint density at radius 3 is 1.43 bits per heavy atom. The van der Waals surface area contributed by atoms with Gasteiger partial charge in [-0.1, -0.05) is 24.3 Å². The molecule has 0 aliphatic rings. The molecule has 3 aromatic rings. The highest BCUT2D eigenvalue weighted by molar-refractivity contribution is 6.07. The number of carbonyl (C=O) groups is 2. The van der Waals surface area contributed by atoms with Gasteiger partial charge in [0, 0.05) is 5.18 Å². The van der Waals surface area contributed by atoms with Crippen LogP contribution in [0.5, 0.6) is 11.5 Å². The summed E-state index contributed by atoms with van der Waals surface area (Å²) in [6.07, 6.45) is -9.91. The lowest BCUT2D eigenvalue weighted by Gasteiger charge is -2.15. The lowest BCUT2D eigenvalue weighted by atomic mass is 9.90. The maximum absolute atomic E-state index is 12.4. The average Bonchev–Trinajstić information content (AvgIpc) is 2.76. The molecule has 0 saturated carbocycles. The van der Waals surface area contributed by atoms with Gasteiger partial charge in [-0.2, -0.15) is 0 Å². The molecule has 1 N–H and O–H groups in total. The fourth-order valence-corrected chi connectivity index (χ4v) is 3.15. The summed E-state index contributed by atoms with van der Waals surface area (Å²) in [5.41, 5.74) is -0.868. The molecule has 0 radical (unpaired) electrons. The highest BCUT2D eigenvalue weighted by Gasteiger charge is 2.32. The maximum Gasteiger partial charge on any atom is 0.573 e. The Bertz CT molecular complexity index is 1270. The first-order chi connectivity index (χ1) is 16.3. The van der Waals surface area contributed by atoms with E-state index < -0.39 is 47.2 Å². The largest absolute Gasteiger partial charge is 0.573 e. The topological polar surface area (TPSA) is 102 Å². The molecular formula is C22H11F6NO6. The van der Waals surface area contributed by atoms with Crippen molar-refractivity contribution in [2.75, 3.05) is 0 Å². The zero-order chi connectivity index (χ0) is 26.0. The number of halogens is 6. The van der Waals surface area contributed by atoms with Gasteiger partial charge in [0.2, 0.25) is 0 Å². The molecule has 0 aliphatic heterocycles. The van der Waals surface area contributed by atoms with E-state index in [1.807, 2.05) is 0 Å². The standard InChI is InChI=1S/C22H11F6NO6/c23-21(24,25)34-13-5-1-11(2-6-13)15-9-16(18(20(31)32)10-17(15)19(30)29-33)12-3-7-14(8-4-12)35-22(26,27)28/h1-10H,(H,31,32). The fraction of sp³-hybridized carbons (Fsp3) is 0.0909. The third-order valence-corrected chi connectivity index (χ3v) is 4.50. The van der Waals surface area contributed by atoms with Gasteiger partial charge in [0.15, 0.2) is 0 Å². The van der Waals surface area contributed by atoms with Crippen LogP contribution in [0.2, 0.25) is 0 Å². The number of nitroso groups, excluding NO2 is 1. The molecule has 0 unspecified atom stereocenters. The monoisotopic (exact) mass is 499 g/mol. The van der Waals surface area contributed by atoms with Crippen LogP contribution in [0.1, 0.15) is 20.7 Å². The summed E-state index contributed by atoms with van der Waals surface area (Å²) in [6.45, 7) is 0. The van der Waals surface area contributed by atoms with Crippen LogP contribution in [-0.2, 0) is 0 Å². The van der Waals surface area contributed by atoms with Crippen molar-refractivity contribution < 1.29 is 50.5 Å². The van der Waals surface area contributed by atoms with E-state index in [0.717, 1.165) is 60.7 Å². The molecule has 0 saturated heterocycles. The third kappa shape index (κ3) is 6.34. The van der Waals surface area contributed by atoms with Gasteiger partial charge in [-0.25, -0.2) is 4.79 Å². The highest BCUT2D eigenvalue weighted by atomic mass is 19.4. The van der Waals surface area contributed by atoms with Gasteiger partial charge >= 0.3 is 24.6 Å². The van der Waals surface area contributed by atoms with E-state index in [0.29, 0.717) is 0 Å². The molecule has 0 heterocycles. The van der Waals surface area contributed by atoms with Gasteiger partial charge in [0.05, 0.1) is 11.1 Å². The Kier molecular flexibility index (Phi) is 6.80. The second-order valence-electron chi connectivity index (χ2n) is 6.79. The highest BCUT2D eigenvalue weighted by Crippen LogP contribution is 2.36. The van der Waals surface area contributed by atoms with Crippen molar-refractivity contribution in [1.29, 1.82) is 0 Å². The number of benzene rings is 3. The first-order valence-electron chi connectivity index (χ1n) is 9.29. The molecule has 3 aromatic carbocycles. The second kappa shape index (κ2) is 9.44. The molecular weight excluding hydrogens is 488 g/mol. The van der Waals surface area contributed by atoms with Crippen LogP contribution < -0.4 is 9.47 Å². The molecule has 0 fully saturated rings. The molecule has 7 nitrogen and oxygen atoms in total. The number of carboxylic acids is 1. The summed E-state index contributed by atoms with van der Waals surface area (Å²) in [7, 11) is 0. The van der Waals surface area contributed by atoms with Gasteiger partial charge < -0.3 is 14.6 Å². The summed E-state index contributed by atoms with van der Waals surface area (Å²) in [5, 5.41) is 11.9. The summed E-state index contributed by atoms with van der Waals surface area (Å²) in [4.78, 5) is 34.8. The summed E-state index contributed by atoms with van der Waals surface area (Å²) in [6, 6.07) is 10.2. The van der Waals surface area contributed by atoms with Crippen molar-refractivity contribution in [1.82, 2.24) is 0 Å². The van der Waals surface area contributed by atoms with Crippen molar-refractivity contribution >= 4 is 11.9 Å². The first kappa shape index (κ1) is 25.2. The molecule has 0 aromatic heterocycles. The molecule has 182 valence electrons. The molecule has 3 rings (SSSR count). The minimum atomic E-state index is -4.96. The maximum atomic E-state index is 12.4. The van der Waals surface area contributed by atoms with Crippen molar-refractivity contribution in [3.05, 3.63) is 76.7 Å². The third-order valence-electron chi connectivity index (χ3n) is 4.50. The normalized spacial score (nSPS) is 11.6. The van der Waals surface area contributed by atoms with Gasteiger partial charge in [-0.3, -0.25) is 4.79 Å². The molecule has 0 spiro atoms. The van der Waals surface area contributed by atoms with Crippen molar-refractivity contribution in [2.45, 2.75) is 12.7 Å². The Morgan fingerprint density at radius 1 is 0.686 bits per heavy atom. The first-order valence-corrected chi connectivity index (χ1v) is 9.29. The van der Waals surface area contributed by atoms with Gasteiger partial charge in [-0.05, 0) is 58.7 Å². The average molecular weight is 499 g/mol. The molecule has 13 heteroatoms. The number of carbonyl (C=O) groups excluding carboxylic acids is 1. The van der Waals surface area contributed by atoms with E-state index >= 15 is 0 Å². The number of carboxylic acid groups (broad SMARTS) is 1. The number of amides is 1. The number of hydrogen-bond acceptors (Lipinski definition) is 5. The number of nitrogens with zero attached hydrogens (tertiary/aromatic N) is 1. The van der Waals surface area contributed by atoms with E-state index in [1.165, 1.54) is 0 Å². The van der Waals surface area contributed by atoms with Gasteiger partial charge in [0.1, 0.15) is 11.5 Å². The van der Waals surface area contributed by atoms with Crippen molar-refractivity contribution in [3.8, 4) is 33.8 Å². The molecule has 1 amide bonds. The zero-order valence-electron chi connectivity index (χ0n) is 17.0. The Balaban J connectivity index is 2.15. The Labute approximate surface area is 191 Å². The van der Waals surface area contributed by atoms with Crippen molar-refractivity contribution in [2.24, 2.45) is 5.18 Å². The zero-order valence-corrected chi connectivity index (χ0v) is 17.0. The summed E-state index contributed by atoms with van der Waals surface area (Å²) >= 11 is 0.